The zero-order valence-corrected chi connectivity index (χ0v) is 12.7. The molecule has 1 saturated carbocycles. The van der Waals surface area contributed by atoms with Gasteiger partial charge in [-0.2, -0.15) is 0 Å². The second-order valence-electron chi connectivity index (χ2n) is 5.93. The summed E-state index contributed by atoms with van der Waals surface area (Å²) in [5, 5.41) is 14.0. The van der Waals surface area contributed by atoms with Crippen LogP contribution >= 0.6 is 0 Å². The summed E-state index contributed by atoms with van der Waals surface area (Å²) in [6.07, 6.45) is 3.12. The van der Waals surface area contributed by atoms with Crippen LogP contribution in [-0.2, 0) is 16.1 Å². The zero-order valence-electron chi connectivity index (χ0n) is 12.7. The van der Waals surface area contributed by atoms with E-state index < -0.39 is 6.10 Å². The van der Waals surface area contributed by atoms with Gasteiger partial charge in [0.2, 0.25) is 5.91 Å². The fourth-order valence-electron chi connectivity index (χ4n) is 3.24. The molecule has 1 aromatic carbocycles. The van der Waals surface area contributed by atoms with E-state index in [4.69, 9.17) is 4.74 Å². The highest BCUT2D eigenvalue weighted by molar-refractivity contribution is 5.84. The quantitative estimate of drug-likeness (QED) is 0.808. The van der Waals surface area contributed by atoms with Crippen molar-refractivity contribution in [2.75, 3.05) is 7.11 Å². The topological polar surface area (TPSA) is 74.3 Å². The Morgan fingerprint density at radius 3 is 3.09 bits per heavy atom. The minimum atomic E-state index is -0.456. The first-order valence-electron chi connectivity index (χ1n) is 7.72. The average molecular weight is 302 g/mol. The molecule has 5 nitrogen and oxygen atoms in total. The molecule has 2 aromatic rings. The fourth-order valence-corrected chi connectivity index (χ4v) is 3.24. The SMILES string of the molecule is CO[C@@H]1C[C@H](C(=O)NCc2cccc3[nH]ccc23)CC[C@@H]1O. The molecule has 1 aromatic heterocycles. The van der Waals surface area contributed by atoms with Crippen LogP contribution in [0.5, 0.6) is 0 Å². The van der Waals surface area contributed by atoms with Gasteiger partial charge in [0, 0.05) is 36.7 Å². The lowest BCUT2D eigenvalue weighted by atomic mass is 9.84. The lowest BCUT2D eigenvalue weighted by Gasteiger charge is -2.31. The normalized spacial score (nSPS) is 25.3. The summed E-state index contributed by atoms with van der Waals surface area (Å²) >= 11 is 0. The monoisotopic (exact) mass is 302 g/mol. The summed E-state index contributed by atoms with van der Waals surface area (Å²) < 4.78 is 5.26. The number of hydrogen-bond acceptors (Lipinski definition) is 3. The molecule has 3 N–H and O–H groups in total. The third-order valence-electron chi connectivity index (χ3n) is 4.57. The van der Waals surface area contributed by atoms with Gasteiger partial charge in [-0.15, -0.1) is 0 Å². The van der Waals surface area contributed by atoms with Gasteiger partial charge in [0.05, 0.1) is 12.2 Å². The zero-order chi connectivity index (χ0) is 15.5. The molecule has 1 heterocycles. The molecule has 1 fully saturated rings. The molecule has 0 saturated heterocycles. The molecule has 1 aliphatic rings. The van der Waals surface area contributed by atoms with Crippen molar-refractivity contribution in [3.05, 3.63) is 36.0 Å². The molecular weight excluding hydrogens is 280 g/mol. The van der Waals surface area contributed by atoms with Crippen molar-refractivity contribution in [1.82, 2.24) is 10.3 Å². The Hall–Kier alpha value is -1.85. The number of nitrogens with one attached hydrogen (secondary N) is 2. The summed E-state index contributed by atoms with van der Waals surface area (Å²) in [4.78, 5) is 15.5. The Bertz CT molecular complexity index is 652. The van der Waals surface area contributed by atoms with Gasteiger partial charge in [-0.05, 0) is 37.0 Å². The van der Waals surface area contributed by atoms with E-state index in [1.54, 1.807) is 7.11 Å². The first kappa shape index (κ1) is 15.1. The predicted molar refractivity (Wildman–Crippen MR) is 84.3 cm³/mol. The van der Waals surface area contributed by atoms with Crippen LogP contribution in [0.4, 0.5) is 0 Å². The Balaban J connectivity index is 1.62. The van der Waals surface area contributed by atoms with Crippen molar-refractivity contribution in [1.29, 1.82) is 0 Å². The number of carbonyl (C=O) groups is 1. The van der Waals surface area contributed by atoms with Gasteiger partial charge >= 0.3 is 0 Å². The van der Waals surface area contributed by atoms with Crippen LogP contribution in [0.25, 0.3) is 10.9 Å². The maximum absolute atomic E-state index is 12.4. The van der Waals surface area contributed by atoms with Gasteiger partial charge in [0.15, 0.2) is 0 Å². The summed E-state index contributed by atoms with van der Waals surface area (Å²) in [6.45, 7) is 0.519. The van der Waals surface area contributed by atoms with Crippen molar-refractivity contribution in [2.24, 2.45) is 5.92 Å². The van der Waals surface area contributed by atoms with Gasteiger partial charge in [-0.1, -0.05) is 12.1 Å². The van der Waals surface area contributed by atoms with Crippen LogP contribution in [-0.4, -0.2) is 35.3 Å². The van der Waals surface area contributed by atoms with Gasteiger partial charge in [0.1, 0.15) is 0 Å². The molecule has 1 aliphatic carbocycles. The second kappa shape index (κ2) is 6.50. The number of hydrogen-bond donors (Lipinski definition) is 3. The van der Waals surface area contributed by atoms with E-state index in [0.717, 1.165) is 16.5 Å². The number of aromatic amines is 1. The third kappa shape index (κ3) is 3.00. The molecule has 3 rings (SSSR count). The molecule has 0 unspecified atom stereocenters. The number of ether oxygens (including phenoxy) is 1. The van der Waals surface area contributed by atoms with E-state index in [9.17, 15) is 9.90 Å². The van der Waals surface area contributed by atoms with Crippen molar-refractivity contribution >= 4 is 16.8 Å². The number of methoxy groups -OCH3 is 1. The maximum atomic E-state index is 12.4. The third-order valence-corrected chi connectivity index (χ3v) is 4.57. The van der Waals surface area contributed by atoms with E-state index in [2.05, 4.69) is 10.3 Å². The van der Waals surface area contributed by atoms with E-state index >= 15 is 0 Å². The molecule has 118 valence electrons. The number of aliphatic hydroxyl groups excluding tert-OH is 1. The Morgan fingerprint density at radius 1 is 1.41 bits per heavy atom. The number of fused-ring (bicyclic) bond motifs is 1. The highest BCUT2D eigenvalue weighted by atomic mass is 16.5. The van der Waals surface area contributed by atoms with Crippen LogP contribution in [0.1, 0.15) is 24.8 Å². The number of rotatable bonds is 4. The van der Waals surface area contributed by atoms with Crippen molar-refractivity contribution in [3.8, 4) is 0 Å². The number of aromatic nitrogens is 1. The highest BCUT2D eigenvalue weighted by Crippen LogP contribution is 2.27. The van der Waals surface area contributed by atoms with Gasteiger partial charge < -0.3 is 20.1 Å². The smallest absolute Gasteiger partial charge is 0.223 e. The maximum Gasteiger partial charge on any atom is 0.223 e. The molecule has 0 spiro atoms. The predicted octanol–water partition coefficient (Wildman–Crippen LogP) is 1.96. The molecule has 0 aliphatic heterocycles. The van der Waals surface area contributed by atoms with Gasteiger partial charge in [-0.3, -0.25) is 4.79 Å². The van der Waals surface area contributed by atoms with Gasteiger partial charge in [-0.25, -0.2) is 0 Å². The lowest BCUT2D eigenvalue weighted by molar-refractivity contribution is -0.130. The van der Waals surface area contributed by atoms with E-state index in [0.29, 0.717) is 25.8 Å². The molecule has 5 heteroatoms. The summed E-state index contributed by atoms with van der Waals surface area (Å²) in [6, 6.07) is 8.05. The van der Waals surface area contributed by atoms with Crippen LogP contribution in [0.2, 0.25) is 0 Å². The number of benzene rings is 1. The highest BCUT2D eigenvalue weighted by Gasteiger charge is 2.32. The first-order valence-corrected chi connectivity index (χ1v) is 7.72. The average Bonchev–Trinajstić information content (AvgIpc) is 3.02. The second-order valence-corrected chi connectivity index (χ2v) is 5.93. The van der Waals surface area contributed by atoms with Crippen LogP contribution in [0.15, 0.2) is 30.5 Å². The van der Waals surface area contributed by atoms with Gasteiger partial charge in [0.25, 0.3) is 0 Å². The summed E-state index contributed by atoms with van der Waals surface area (Å²) in [5.41, 5.74) is 2.18. The van der Waals surface area contributed by atoms with Crippen molar-refractivity contribution in [3.63, 3.8) is 0 Å². The number of carbonyl (C=O) groups excluding carboxylic acids is 1. The summed E-state index contributed by atoms with van der Waals surface area (Å²) in [5.74, 6) is -0.0414. The van der Waals surface area contributed by atoms with Crippen molar-refractivity contribution < 1.29 is 14.6 Å². The number of H-pyrrole nitrogens is 1. The molecule has 3 atom stereocenters. The van der Waals surface area contributed by atoms with Crippen LogP contribution in [0.3, 0.4) is 0 Å². The van der Waals surface area contributed by atoms with Crippen LogP contribution < -0.4 is 5.32 Å². The molecule has 0 bridgehead atoms. The first-order chi connectivity index (χ1) is 10.7. The molecule has 1 amide bonds. The lowest BCUT2D eigenvalue weighted by Crippen LogP contribution is -2.41. The van der Waals surface area contributed by atoms with Crippen molar-refractivity contribution in [2.45, 2.75) is 38.0 Å². The molecule has 22 heavy (non-hydrogen) atoms. The largest absolute Gasteiger partial charge is 0.390 e. The minimum absolute atomic E-state index is 0.0430. The Morgan fingerprint density at radius 2 is 2.27 bits per heavy atom. The number of amides is 1. The Labute approximate surface area is 129 Å². The fraction of sp³-hybridized carbons (Fsp3) is 0.471. The van der Waals surface area contributed by atoms with E-state index in [1.165, 1.54) is 0 Å². The summed E-state index contributed by atoms with van der Waals surface area (Å²) in [7, 11) is 1.58. The number of aliphatic hydroxyl groups is 1. The van der Waals surface area contributed by atoms with Crippen LogP contribution in [0, 0.1) is 5.92 Å². The molecule has 0 radical (unpaired) electrons. The standard InChI is InChI=1S/C17H22N2O3/c1-22-16-9-11(5-6-15(16)20)17(21)19-10-12-3-2-4-14-13(12)7-8-18-14/h2-4,7-8,11,15-16,18,20H,5-6,9-10H2,1H3,(H,19,21)/t11-,15+,16-/m1/s1. The Kier molecular flexibility index (Phi) is 4.45. The van der Waals surface area contributed by atoms with E-state index in [-0.39, 0.29) is 17.9 Å². The van der Waals surface area contributed by atoms with E-state index in [1.807, 2.05) is 30.5 Å². The minimum Gasteiger partial charge on any atom is -0.390 e. The molecular formula is C17H22N2O3.